The fourth-order valence-corrected chi connectivity index (χ4v) is 1.88. The first-order valence-electron chi connectivity index (χ1n) is 6.18. The largest absolute Gasteiger partial charge is 0.433 e. The van der Waals surface area contributed by atoms with Crippen molar-refractivity contribution in [1.29, 1.82) is 0 Å². The summed E-state index contributed by atoms with van der Waals surface area (Å²) >= 11 is 5.75. The van der Waals surface area contributed by atoms with Crippen molar-refractivity contribution in [3.8, 4) is 0 Å². The lowest BCUT2D eigenvalue weighted by Crippen LogP contribution is -2.24. The van der Waals surface area contributed by atoms with E-state index in [0.717, 1.165) is 13.1 Å². The van der Waals surface area contributed by atoms with Crippen LogP contribution in [0.2, 0.25) is 5.02 Å². The molecule has 0 aliphatic carbocycles. The van der Waals surface area contributed by atoms with Gasteiger partial charge in [-0.05, 0) is 18.2 Å². The summed E-state index contributed by atoms with van der Waals surface area (Å²) in [4.78, 5) is 14.8. The number of hydrogen-bond acceptors (Lipinski definition) is 3. The molecule has 1 N–H and O–H groups in total. The molecular weight excluding hydrogens is 364 g/mol. The van der Waals surface area contributed by atoms with E-state index in [1.165, 1.54) is 0 Å². The lowest BCUT2D eigenvalue weighted by Gasteiger charge is -2.15. The van der Waals surface area contributed by atoms with E-state index in [0.29, 0.717) is 16.7 Å². The Morgan fingerprint density at radius 2 is 1.71 bits per heavy atom. The van der Waals surface area contributed by atoms with Crippen molar-refractivity contribution in [1.82, 2.24) is 9.55 Å². The predicted molar refractivity (Wildman–Crippen MR) is 74.2 cm³/mol. The van der Waals surface area contributed by atoms with Gasteiger partial charge in [-0.1, -0.05) is 11.6 Å². The van der Waals surface area contributed by atoms with Gasteiger partial charge in [0.05, 0.1) is 16.3 Å². The number of aromatic nitrogens is 2. The number of nitrogens with zero attached hydrogens (tertiary/aromatic N) is 2. The summed E-state index contributed by atoms with van der Waals surface area (Å²) in [6.07, 6.45) is -9.56. The van der Waals surface area contributed by atoms with Gasteiger partial charge >= 0.3 is 12.4 Å². The number of halogens is 7. The molecule has 2 aromatic rings. The topological polar surface area (TPSA) is 46.9 Å². The first kappa shape index (κ1) is 18.1. The van der Waals surface area contributed by atoms with Gasteiger partial charge in [-0.3, -0.25) is 9.36 Å². The van der Waals surface area contributed by atoms with Crippen LogP contribution >= 0.6 is 11.6 Å². The third-order valence-corrected chi connectivity index (χ3v) is 3.30. The van der Waals surface area contributed by atoms with Gasteiger partial charge in [0.1, 0.15) is 0 Å². The molecule has 11 heteroatoms. The summed E-state index contributed by atoms with van der Waals surface area (Å²) in [6, 6.07) is 2.53. The molecule has 0 saturated heterocycles. The zero-order valence-electron chi connectivity index (χ0n) is 11.8. The predicted octanol–water partition coefficient (Wildman–Crippen LogP) is 4.21. The van der Waals surface area contributed by atoms with Gasteiger partial charge in [-0.15, -0.1) is 0 Å². The minimum atomic E-state index is -4.89. The molecule has 0 aliphatic heterocycles. The fourth-order valence-electron chi connectivity index (χ4n) is 1.71. The Morgan fingerprint density at radius 3 is 2.25 bits per heavy atom. The molecule has 4 nitrogen and oxygen atoms in total. The van der Waals surface area contributed by atoms with Crippen LogP contribution < -0.4 is 10.9 Å². The second-order valence-electron chi connectivity index (χ2n) is 4.68. The van der Waals surface area contributed by atoms with Gasteiger partial charge < -0.3 is 5.32 Å². The Kier molecular flexibility index (Phi) is 4.53. The van der Waals surface area contributed by atoms with Gasteiger partial charge in [0, 0.05) is 13.1 Å². The van der Waals surface area contributed by atoms with Gasteiger partial charge in [-0.2, -0.15) is 26.3 Å². The summed E-state index contributed by atoms with van der Waals surface area (Å²) in [5, 5.41) is 2.04. The van der Waals surface area contributed by atoms with Gasteiger partial charge in [0.15, 0.2) is 5.69 Å². The van der Waals surface area contributed by atoms with Gasteiger partial charge in [0.25, 0.3) is 5.56 Å². The van der Waals surface area contributed by atoms with Crippen LogP contribution in [0.3, 0.4) is 0 Å². The molecular formula is C13H8ClF6N3O. The van der Waals surface area contributed by atoms with Crippen molar-refractivity contribution < 1.29 is 26.3 Å². The molecule has 0 bridgehead atoms. The van der Waals surface area contributed by atoms with Crippen LogP contribution in [-0.4, -0.2) is 9.55 Å². The minimum absolute atomic E-state index is 0.185. The first-order chi connectivity index (χ1) is 10.9. The summed E-state index contributed by atoms with van der Waals surface area (Å²) in [5.74, 6) is -0.601. The van der Waals surface area contributed by atoms with Crippen LogP contribution in [-0.2, 0) is 19.4 Å². The lowest BCUT2D eigenvalue weighted by atomic mass is 10.2. The quantitative estimate of drug-likeness (QED) is 0.804. The molecule has 24 heavy (non-hydrogen) atoms. The van der Waals surface area contributed by atoms with Crippen LogP contribution in [0.15, 0.2) is 29.1 Å². The van der Waals surface area contributed by atoms with E-state index in [2.05, 4.69) is 10.3 Å². The summed E-state index contributed by atoms with van der Waals surface area (Å²) in [5.41, 5.74) is -3.92. The molecule has 0 unspecified atom stereocenters. The van der Waals surface area contributed by atoms with E-state index in [4.69, 9.17) is 11.6 Å². The van der Waals surface area contributed by atoms with Crippen molar-refractivity contribution >= 4 is 23.2 Å². The first-order valence-corrected chi connectivity index (χ1v) is 6.56. The summed E-state index contributed by atoms with van der Waals surface area (Å²) in [7, 11) is 1.11. The maximum atomic E-state index is 12.7. The fraction of sp³-hybridized carbons (Fsp3) is 0.231. The number of nitrogens with one attached hydrogen (secondary N) is 1. The molecule has 0 atom stereocenters. The van der Waals surface area contributed by atoms with E-state index in [-0.39, 0.29) is 16.8 Å². The number of rotatable bonds is 2. The molecule has 1 heterocycles. The van der Waals surface area contributed by atoms with Crippen molar-refractivity contribution in [3.63, 3.8) is 0 Å². The smallest absolute Gasteiger partial charge is 0.324 e. The standard InChI is InChI=1S/C13H8ClF6N3O/c1-23-10(24)5-9(13(18,19)20)22-11(23)21-8-4-6(12(15,16)17)2-3-7(8)14/h2-5H,1H3,(H,21,22). The molecule has 2 rings (SSSR count). The Labute approximate surface area is 135 Å². The lowest BCUT2D eigenvalue weighted by molar-refractivity contribution is -0.141. The zero-order chi connectivity index (χ0) is 18.3. The van der Waals surface area contributed by atoms with Crippen LogP contribution in [0.25, 0.3) is 0 Å². The van der Waals surface area contributed by atoms with Crippen molar-refractivity contribution in [3.05, 3.63) is 50.9 Å². The molecule has 1 aromatic carbocycles. The highest BCUT2D eigenvalue weighted by Gasteiger charge is 2.34. The number of alkyl halides is 6. The molecule has 0 spiro atoms. The van der Waals surface area contributed by atoms with Gasteiger partial charge in [-0.25, -0.2) is 4.98 Å². The maximum absolute atomic E-state index is 12.7. The highest BCUT2D eigenvalue weighted by Crippen LogP contribution is 2.35. The van der Waals surface area contributed by atoms with Crippen LogP contribution in [0.5, 0.6) is 0 Å². The molecule has 0 aliphatic rings. The SMILES string of the molecule is Cn1c(Nc2cc(C(F)(F)F)ccc2Cl)nc(C(F)(F)F)cc1=O. The van der Waals surface area contributed by atoms with Crippen molar-refractivity contribution in [2.45, 2.75) is 12.4 Å². The normalized spacial score (nSPS) is 12.3. The second kappa shape index (κ2) is 6.00. The summed E-state index contributed by atoms with van der Waals surface area (Å²) < 4.78 is 77.0. The van der Waals surface area contributed by atoms with Crippen LogP contribution in [0.1, 0.15) is 11.3 Å². The highest BCUT2D eigenvalue weighted by molar-refractivity contribution is 6.33. The molecule has 130 valence electrons. The molecule has 0 amide bonds. The average molecular weight is 372 g/mol. The van der Waals surface area contributed by atoms with Gasteiger partial charge in [0.2, 0.25) is 5.95 Å². The van der Waals surface area contributed by atoms with Crippen LogP contribution in [0.4, 0.5) is 38.0 Å². The van der Waals surface area contributed by atoms with E-state index < -0.39 is 35.1 Å². The van der Waals surface area contributed by atoms with Crippen LogP contribution in [0, 0.1) is 0 Å². The molecule has 1 aromatic heterocycles. The minimum Gasteiger partial charge on any atom is -0.324 e. The Morgan fingerprint density at radius 1 is 1.08 bits per heavy atom. The molecule has 0 saturated carbocycles. The Bertz CT molecular complexity index is 828. The second-order valence-corrected chi connectivity index (χ2v) is 5.08. The Hall–Kier alpha value is -2.23. The number of anilines is 2. The molecule has 0 radical (unpaired) electrons. The highest BCUT2D eigenvalue weighted by atomic mass is 35.5. The van der Waals surface area contributed by atoms with E-state index >= 15 is 0 Å². The van der Waals surface area contributed by atoms with E-state index in [9.17, 15) is 31.1 Å². The number of hydrogen-bond donors (Lipinski definition) is 1. The average Bonchev–Trinajstić information content (AvgIpc) is 2.43. The third kappa shape index (κ3) is 3.81. The third-order valence-electron chi connectivity index (χ3n) is 2.97. The van der Waals surface area contributed by atoms with E-state index in [1.54, 1.807) is 0 Å². The monoisotopic (exact) mass is 371 g/mol. The zero-order valence-corrected chi connectivity index (χ0v) is 12.5. The molecule has 0 fully saturated rings. The summed E-state index contributed by atoms with van der Waals surface area (Å²) in [6.45, 7) is 0. The van der Waals surface area contributed by atoms with Crippen molar-refractivity contribution in [2.24, 2.45) is 7.05 Å². The Balaban J connectivity index is 2.52. The maximum Gasteiger partial charge on any atom is 0.433 e. The van der Waals surface area contributed by atoms with Crippen molar-refractivity contribution in [2.75, 3.05) is 5.32 Å². The van der Waals surface area contributed by atoms with E-state index in [1.807, 2.05) is 0 Å². The number of benzene rings is 1.